The predicted molar refractivity (Wildman–Crippen MR) is 99.1 cm³/mol. The second-order valence-corrected chi connectivity index (χ2v) is 7.41. The number of thiazole rings is 1. The number of rotatable bonds is 6. The van der Waals surface area contributed by atoms with Crippen LogP contribution in [-0.4, -0.2) is 42.5 Å². The van der Waals surface area contributed by atoms with E-state index in [4.69, 9.17) is 0 Å². The summed E-state index contributed by atoms with van der Waals surface area (Å²) in [6.45, 7) is 2.72. The van der Waals surface area contributed by atoms with Crippen LogP contribution in [0, 0.1) is 11.7 Å². The van der Waals surface area contributed by atoms with Gasteiger partial charge in [0.25, 0.3) is 0 Å². The number of nitrogens with zero attached hydrogens (tertiary/aromatic N) is 2. The number of likely N-dealkylation sites (tertiary alicyclic amines) is 1. The average molecular weight is 361 g/mol. The number of piperidine rings is 1. The van der Waals surface area contributed by atoms with Gasteiger partial charge in [0.05, 0.1) is 12.1 Å². The Hall–Kier alpha value is -1.79. The summed E-state index contributed by atoms with van der Waals surface area (Å²) < 4.78 is 13.3. The first-order chi connectivity index (χ1) is 12.2. The van der Waals surface area contributed by atoms with Crippen molar-refractivity contribution in [2.24, 2.45) is 5.92 Å². The van der Waals surface area contributed by atoms with Crippen molar-refractivity contribution in [2.45, 2.75) is 25.7 Å². The van der Waals surface area contributed by atoms with Crippen LogP contribution in [0.5, 0.6) is 0 Å². The van der Waals surface area contributed by atoms with Gasteiger partial charge in [-0.15, -0.1) is 11.3 Å². The summed E-state index contributed by atoms with van der Waals surface area (Å²) in [5.74, 6) is 0.588. The number of hydrogen-bond acceptors (Lipinski definition) is 4. The molecule has 25 heavy (non-hydrogen) atoms. The van der Waals surface area contributed by atoms with E-state index in [2.05, 4.69) is 10.3 Å². The molecule has 0 aliphatic carbocycles. The van der Waals surface area contributed by atoms with Gasteiger partial charge in [-0.05, 0) is 50.9 Å². The number of nitrogens with one attached hydrogen (secondary N) is 1. The SMILES string of the molecule is CNCCC1CCN(C(=O)Cc2csc(-c3cccc(F)c3)n2)CC1. The molecule has 2 heterocycles. The Bertz CT molecular complexity index is 710. The molecule has 3 rings (SSSR count). The quantitative estimate of drug-likeness (QED) is 0.858. The Labute approximate surface area is 152 Å². The molecule has 1 fully saturated rings. The summed E-state index contributed by atoms with van der Waals surface area (Å²) in [5.41, 5.74) is 1.53. The van der Waals surface area contributed by atoms with E-state index in [-0.39, 0.29) is 11.7 Å². The van der Waals surface area contributed by atoms with Crippen LogP contribution in [0.25, 0.3) is 10.6 Å². The minimum absolute atomic E-state index is 0.142. The monoisotopic (exact) mass is 361 g/mol. The maximum absolute atomic E-state index is 13.3. The Kier molecular flexibility index (Phi) is 6.15. The van der Waals surface area contributed by atoms with Crippen LogP contribution < -0.4 is 5.32 Å². The molecule has 0 radical (unpaired) electrons. The van der Waals surface area contributed by atoms with Crippen LogP contribution in [0.1, 0.15) is 25.0 Å². The zero-order valence-electron chi connectivity index (χ0n) is 14.5. The molecule has 0 bridgehead atoms. The Morgan fingerprint density at radius 1 is 1.40 bits per heavy atom. The Morgan fingerprint density at radius 2 is 2.20 bits per heavy atom. The van der Waals surface area contributed by atoms with E-state index < -0.39 is 0 Å². The van der Waals surface area contributed by atoms with Crippen LogP contribution in [0.15, 0.2) is 29.6 Å². The van der Waals surface area contributed by atoms with Crippen molar-refractivity contribution >= 4 is 17.2 Å². The average Bonchev–Trinajstić information content (AvgIpc) is 3.09. The molecule has 1 amide bonds. The van der Waals surface area contributed by atoms with Gasteiger partial charge in [-0.3, -0.25) is 4.79 Å². The summed E-state index contributed by atoms with van der Waals surface area (Å²) in [4.78, 5) is 19.0. The van der Waals surface area contributed by atoms with Crippen LogP contribution in [0.2, 0.25) is 0 Å². The molecule has 0 unspecified atom stereocenters. The lowest BCUT2D eigenvalue weighted by atomic mass is 9.93. The van der Waals surface area contributed by atoms with Crippen molar-refractivity contribution in [3.63, 3.8) is 0 Å². The molecule has 1 aliphatic rings. The maximum Gasteiger partial charge on any atom is 0.228 e. The van der Waals surface area contributed by atoms with Gasteiger partial charge in [0.1, 0.15) is 10.8 Å². The number of halogens is 1. The number of carbonyl (C=O) groups is 1. The van der Waals surface area contributed by atoms with Gasteiger partial charge in [0.15, 0.2) is 0 Å². The van der Waals surface area contributed by atoms with Gasteiger partial charge in [-0.25, -0.2) is 9.37 Å². The van der Waals surface area contributed by atoms with Gasteiger partial charge in [-0.1, -0.05) is 12.1 Å². The molecule has 0 saturated carbocycles. The lowest BCUT2D eigenvalue weighted by Gasteiger charge is -2.32. The molecule has 1 aromatic heterocycles. The first-order valence-corrected chi connectivity index (χ1v) is 9.66. The molecule has 2 aromatic rings. The molecular weight excluding hydrogens is 337 g/mol. The minimum atomic E-state index is -0.272. The van der Waals surface area contributed by atoms with Crippen molar-refractivity contribution in [3.05, 3.63) is 41.2 Å². The van der Waals surface area contributed by atoms with E-state index >= 15 is 0 Å². The largest absolute Gasteiger partial charge is 0.342 e. The van der Waals surface area contributed by atoms with Crippen molar-refractivity contribution < 1.29 is 9.18 Å². The van der Waals surface area contributed by atoms with Gasteiger partial charge in [0, 0.05) is 24.0 Å². The molecule has 1 N–H and O–H groups in total. The van der Waals surface area contributed by atoms with E-state index in [1.807, 2.05) is 23.4 Å². The molecule has 4 nitrogen and oxygen atoms in total. The second-order valence-electron chi connectivity index (χ2n) is 6.55. The molecule has 134 valence electrons. The summed E-state index contributed by atoms with van der Waals surface area (Å²) >= 11 is 1.45. The Morgan fingerprint density at radius 3 is 2.92 bits per heavy atom. The normalized spacial score (nSPS) is 15.5. The third-order valence-electron chi connectivity index (χ3n) is 4.73. The van der Waals surface area contributed by atoms with Gasteiger partial charge in [0.2, 0.25) is 5.91 Å². The molecule has 1 saturated heterocycles. The standard InChI is InChI=1S/C19H24FN3OS/c1-21-8-5-14-6-9-23(10-7-14)18(24)12-17-13-25-19(22-17)15-3-2-4-16(20)11-15/h2-4,11,13-14,21H,5-10,12H2,1H3. The molecule has 1 aromatic carbocycles. The van der Waals surface area contributed by atoms with Crippen LogP contribution in [0.3, 0.4) is 0 Å². The molecular formula is C19H24FN3OS. The van der Waals surface area contributed by atoms with Crippen molar-refractivity contribution in [1.29, 1.82) is 0 Å². The van der Waals surface area contributed by atoms with Crippen molar-refractivity contribution in [1.82, 2.24) is 15.2 Å². The fraction of sp³-hybridized carbons (Fsp3) is 0.474. The fourth-order valence-corrected chi connectivity index (χ4v) is 4.05. The zero-order chi connectivity index (χ0) is 17.6. The lowest BCUT2D eigenvalue weighted by molar-refractivity contribution is -0.131. The number of carbonyl (C=O) groups excluding carboxylic acids is 1. The molecule has 0 atom stereocenters. The Balaban J connectivity index is 1.54. The highest BCUT2D eigenvalue weighted by Crippen LogP contribution is 2.25. The minimum Gasteiger partial charge on any atom is -0.342 e. The van der Waals surface area contributed by atoms with Crippen molar-refractivity contribution in [2.75, 3.05) is 26.7 Å². The van der Waals surface area contributed by atoms with E-state index in [1.54, 1.807) is 6.07 Å². The number of benzene rings is 1. The smallest absolute Gasteiger partial charge is 0.228 e. The van der Waals surface area contributed by atoms with E-state index in [0.717, 1.165) is 54.7 Å². The molecule has 0 spiro atoms. The first-order valence-electron chi connectivity index (χ1n) is 8.78. The van der Waals surface area contributed by atoms with E-state index in [9.17, 15) is 9.18 Å². The van der Waals surface area contributed by atoms with Gasteiger partial charge >= 0.3 is 0 Å². The first kappa shape index (κ1) is 18.0. The lowest BCUT2D eigenvalue weighted by Crippen LogP contribution is -2.39. The number of amides is 1. The second kappa shape index (κ2) is 8.54. The fourth-order valence-electron chi connectivity index (χ4n) is 3.23. The topological polar surface area (TPSA) is 45.2 Å². The highest BCUT2D eigenvalue weighted by Gasteiger charge is 2.23. The summed E-state index contributed by atoms with van der Waals surface area (Å²) in [6, 6.07) is 6.40. The van der Waals surface area contributed by atoms with Crippen LogP contribution >= 0.6 is 11.3 Å². The summed E-state index contributed by atoms with van der Waals surface area (Å²) in [5, 5.41) is 5.85. The number of aromatic nitrogens is 1. The maximum atomic E-state index is 13.3. The van der Waals surface area contributed by atoms with Crippen molar-refractivity contribution in [3.8, 4) is 10.6 Å². The molecule has 6 heteroatoms. The third-order valence-corrected chi connectivity index (χ3v) is 5.67. The van der Waals surface area contributed by atoms with Gasteiger partial charge < -0.3 is 10.2 Å². The zero-order valence-corrected chi connectivity index (χ0v) is 15.3. The number of hydrogen-bond donors (Lipinski definition) is 1. The van der Waals surface area contributed by atoms with Crippen LogP contribution in [0.4, 0.5) is 4.39 Å². The summed E-state index contributed by atoms with van der Waals surface area (Å²) in [6.07, 6.45) is 3.67. The van der Waals surface area contributed by atoms with Gasteiger partial charge in [-0.2, -0.15) is 0 Å². The highest BCUT2D eigenvalue weighted by atomic mass is 32.1. The molecule has 1 aliphatic heterocycles. The highest BCUT2D eigenvalue weighted by molar-refractivity contribution is 7.13. The third kappa shape index (κ3) is 4.86. The van der Waals surface area contributed by atoms with Crippen LogP contribution in [-0.2, 0) is 11.2 Å². The van der Waals surface area contributed by atoms with E-state index in [1.165, 1.54) is 29.9 Å². The van der Waals surface area contributed by atoms with E-state index in [0.29, 0.717) is 6.42 Å². The summed E-state index contributed by atoms with van der Waals surface area (Å²) in [7, 11) is 1.98. The predicted octanol–water partition coefficient (Wildman–Crippen LogP) is 3.34.